The highest BCUT2D eigenvalue weighted by atomic mass is 16.7. The number of carbonyl (C=O) groups is 1. The van der Waals surface area contributed by atoms with Gasteiger partial charge in [-0.1, -0.05) is 12.1 Å². The summed E-state index contributed by atoms with van der Waals surface area (Å²) in [7, 11) is 3.11. The Kier molecular flexibility index (Phi) is 5.03. The molecule has 1 amide bonds. The topological polar surface area (TPSA) is 78.4 Å². The normalized spacial score (nSPS) is 12.2. The van der Waals surface area contributed by atoms with Gasteiger partial charge in [0.05, 0.1) is 26.9 Å². The molecule has 0 aliphatic carbocycles. The van der Waals surface area contributed by atoms with Crippen LogP contribution in [-0.4, -0.2) is 33.1 Å². The molecule has 1 N–H and O–H groups in total. The van der Waals surface area contributed by atoms with Crippen LogP contribution < -0.4 is 24.4 Å². The van der Waals surface area contributed by atoms with Gasteiger partial charge in [-0.2, -0.15) is 5.10 Å². The minimum Gasteiger partial charge on any atom is -0.493 e. The zero-order valence-corrected chi connectivity index (χ0v) is 13.9. The number of rotatable bonds is 6. The number of methoxy groups -OCH3 is 2. The minimum absolute atomic E-state index is 0.184. The first-order chi connectivity index (χ1) is 12.2. The largest absolute Gasteiger partial charge is 0.493 e. The third-order valence-corrected chi connectivity index (χ3v) is 3.63. The second kappa shape index (κ2) is 7.57. The smallest absolute Gasteiger partial charge is 0.244 e. The maximum Gasteiger partial charge on any atom is 0.244 e. The van der Waals surface area contributed by atoms with Crippen LogP contribution >= 0.6 is 0 Å². The summed E-state index contributed by atoms with van der Waals surface area (Å²) in [6.45, 7) is 0.206. The van der Waals surface area contributed by atoms with E-state index in [-0.39, 0.29) is 19.1 Å². The van der Waals surface area contributed by atoms with E-state index in [4.69, 9.17) is 18.9 Å². The molecular formula is C18H18N2O5. The lowest BCUT2D eigenvalue weighted by Crippen LogP contribution is -2.19. The number of carbonyl (C=O) groups excluding carboxylic acids is 1. The van der Waals surface area contributed by atoms with E-state index in [0.717, 1.165) is 5.56 Å². The molecule has 1 heterocycles. The lowest BCUT2D eigenvalue weighted by atomic mass is 10.1. The standard InChI is InChI=1S/C18H18N2O5/c1-22-15-5-3-4-13(18(15)23-2)10-19-20-17(21)9-12-6-7-14-16(8-12)25-11-24-14/h3-8,10H,9,11H2,1-2H3,(H,20,21)/b19-10-. The molecule has 0 aromatic heterocycles. The summed E-state index contributed by atoms with van der Waals surface area (Å²) in [5.74, 6) is 2.25. The van der Waals surface area contributed by atoms with Crippen molar-refractivity contribution in [3.8, 4) is 23.0 Å². The van der Waals surface area contributed by atoms with E-state index >= 15 is 0 Å². The maximum absolute atomic E-state index is 12.0. The van der Waals surface area contributed by atoms with Crippen LogP contribution in [0.15, 0.2) is 41.5 Å². The Labute approximate surface area is 145 Å². The van der Waals surface area contributed by atoms with Gasteiger partial charge in [0.1, 0.15) is 0 Å². The minimum atomic E-state index is -0.239. The third-order valence-electron chi connectivity index (χ3n) is 3.63. The predicted molar refractivity (Wildman–Crippen MR) is 91.6 cm³/mol. The number of amides is 1. The zero-order valence-electron chi connectivity index (χ0n) is 13.9. The van der Waals surface area contributed by atoms with Crippen LogP contribution in [0.1, 0.15) is 11.1 Å². The highest BCUT2D eigenvalue weighted by molar-refractivity contribution is 5.86. The number of benzene rings is 2. The molecule has 0 saturated heterocycles. The molecule has 0 atom stereocenters. The molecule has 7 heteroatoms. The van der Waals surface area contributed by atoms with Gasteiger partial charge < -0.3 is 18.9 Å². The zero-order chi connectivity index (χ0) is 17.6. The first-order valence-corrected chi connectivity index (χ1v) is 7.62. The van der Waals surface area contributed by atoms with E-state index in [1.807, 2.05) is 18.2 Å². The van der Waals surface area contributed by atoms with Crippen LogP contribution in [0.25, 0.3) is 0 Å². The summed E-state index contributed by atoms with van der Waals surface area (Å²) < 4.78 is 21.1. The molecule has 7 nitrogen and oxygen atoms in total. The lowest BCUT2D eigenvalue weighted by molar-refractivity contribution is -0.120. The van der Waals surface area contributed by atoms with Gasteiger partial charge in [0.25, 0.3) is 0 Å². The molecule has 0 bridgehead atoms. The number of nitrogens with zero attached hydrogens (tertiary/aromatic N) is 1. The number of ether oxygens (including phenoxy) is 4. The molecular weight excluding hydrogens is 324 g/mol. The molecule has 1 aliphatic rings. The highest BCUT2D eigenvalue weighted by Crippen LogP contribution is 2.32. The second-order valence-corrected chi connectivity index (χ2v) is 5.24. The molecule has 0 fully saturated rings. The SMILES string of the molecule is COc1cccc(/C=N\NC(=O)Cc2ccc3c(c2)OCO3)c1OC. The van der Waals surface area contributed by atoms with Gasteiger partial charge in [-0.25, -0.2) is 5.43 Å². The lowest BCUT2D eigenvalue weighted by Gasteiger charge is -2.09. The number of nitrogens with one attached hydrogen (secondary N) is 1. The Morgan fingerprint density at radius 3 is 2.84 bits per heavy atom. The van der Waals surface area contributed by atoms with Gasteiger partial charge >= 0.3 is 0 Å². The summed E-state index contributed by atoms with van der Waals surface area (Å²) in [5, 5.41) is 3.98. The number of fused-ring (bicyclic) bond motifs is 1. The molecule has 0 radical (unpaired) electrons. The van der Waals surface area contributed by atoms with Gasteiger partial charge in [0, 0.05) is 5.56 Å². The molecule has 25 heavy (non-hydrogen) atoms. The molecule has 2 aromatic carbocycles. The first-order valence-electron chi connectivity index (χ1n) is 7.62. The van der Waals surface area contributed by atoms with Crippen molar-refractivity contribution in [3.63, 3.8) is 0 Å². The van der Waals surface area contributed by atoms with E-state index in [1.165, 1.54) is 6.21 Å². The van der Waals surface area contributed by atoms with Crippen molar-refractivity contribution in [2.45, 2.75) is 6.42 Å². The van der Waals surface area contributed by atoms with Crippen molar-refractivity contribution in [3.05, 3.63) is 47.5 Å². The van der Waals surface area contributed by atoms with Crippen molar-refractivity contribution in [1.29, 1.82) is 0 Å². The van der Waals surface area contributed by atoms with Crippen LogP contribution in [-0.2, 0) is 11.2 Å². The van der Waals surface area contributed by atoms with Crippen LogP contribution in [0.2, 0.25) is 0 Å². The number of hydrogen-bond donors (Lipinski definition) is 1. The molecule has 3 rings (SSSR count). The number of hydrazone groups is 1. The average Bonchev–Trinajstić information content (AvgIpc) is 3.09. The second-order valence-electron chi connectivity index (χ2n) is 5.24. The van der Waals surface area contributed by atoms with Gasteiger partial charge in [-0.05, 0) is 29.8 Å². The van der Waals surface area contributed by atoms with Gasteiger partial charge in [0.2, 0.25) is 12.7 Å². The molecule has 1 aliphatic heterocycles. The van der Waals surface area contributed by atoms with Gasteiger partial charge in [-0.3, -0.25) is 4.79 Å². The monoisotopic (exact) mass is 342 g/mol. The van der Waals surface area contributed by atoms with Crippen molar-refractivity contribution < 1.29 is 23.7 Å². The first kappa shape index (κ1) is 16.6. The van der Waals surface area contributed by atoms with Crippen LogP contribution in [0.5, 0.6) is 23.0 Å². The molecule has 0 unspecified atom stereocenters. The van der Waals surface area contributed by atoms with Crippen molar-refractivity contribution >= 4 is 12.1 Å². The summed E-state index contributed by atoms with van der Waals surface area (Å²) in [5.41, 5.74) is 4.01. The Morgan fingerprint density at radius 2 is 2.04 bits per heavy atom. The van der Waals surface area contributed by atoms with Crippen LogP contribution in [0.3, 0.4) is 0 Å². The van der Waals surface area contributed by atoms with E-state index in [2.05, 4.69) is 10.5 Å². The highest BCUT2D eigenvalue weighted by Gasteiger charge is 2.14. The predicted octanol–water partition coefficient (Wildman–Crippen LogP) is 2.13. The summed E-state index contributed by atoms with van der Waals surface area (Å²) in [6, 6.07) is 10.8. The van der Waals surface area contributed by atoms with E-state index in [0.29, 0.717) is 28.6 Å². The third kappa shape index (κ3) is 3.82. The Balaban J connectivity index is 1.62. The maximum atomic E-state index is 12.0. The fourth-order valence-electron chi connectivity index (χ4n) is 2.46. The number of hydrogen-bond acceptors (Lipinski definition) is 6. The Hall–Kier alpha value is -3.22. The van der Waals surface area contributed by atoms with Crippen molar-refractivity contribution in [2.75, 3.05) is 21.0 Å². The summed E-state index contributed by atoms with van der Waals surface area (Å²) in [6.07, 6.45) is 1.70. The number of para-hydroxylation sites is 1. The van der Waals surface area contributed by atoms with Crippen molar-refractivity contribution in [2.24, 2.45) is 5.10 Å². The van der Waals surface area contributed by atoms with E-state index < -0.39 is 0 Å². The van der Waals surface area contributed by atoms with Crippen LogP contribution in [0.4, 0.5) is 0 Å². The van der Waals surface area contributed by atoms with E-state index in [9.17, 15) is 4.79 Å². The van der Waals surface area contributed by atoms with Gasteiger partial charge in [-0.15, -0.1) is 0 Å². The van der Waals surface area contributed by atoms with E-state index in [1.54, 1.807) is 32.4 Å². The Morgan fingerprint density at radius 1 is 1.20 bits per heavy atom. The fourth-order valence-corrected chi connectivity index (χ4v) is 2.46. The van der Waals surface area contributed by atoms with Gasteiger partial charge in [0.15, 0.2) is 23.0 Å². The molecule has 2 aromatic rings. The Bertz CT molecular complexity index is 804. The molecule has 0 spiro atoms. The molecule has 130 valence electrons. The average molecular weight is 342 g/mol. The summed E-state index contributed by atoms with van der Waals surface area (Å²) >= 11 is 0. The van der Waals surface area contributed by atoms with Crippen LogP contribution in [0, 0.1) is 0 Å². The fraction of sp³-hybridized carbons (Fsp3) is 0.222. The summed E-state index contributed by atoms with van der Waals surface area (Å²) in [4.78, 5) is 12.0. The van der Waals surface area contributed by atoms with Crippen molar-refractivity contribution in [1.82, 2.24) is 5.43 Å². The molecule has 0 saturated carbocycles. The quantitative estimate of drug-likeness (QED) is 0.643.